The summed E-state index contributed by atoms with van der Waals surface area (Å²) < 4.78 is 5.50. The molecule has 0 saturated carbocycles. The molecule has 0 saturated heterocycles. The minimum absolute atomic E-state index is 0.244. The van der Waals surface area contributed by atoms with Crippen LogP contribution >= 0.6 is 12.2 Å². The first kappa shape index (κ1) is 13.9. The van der Waals surface area contributed by atoms with Gasteiger partial charge in [-0.05, 0) is 58.1 Å². The molecule has 4 heteroatoms. The second kappa shape index (κ2) is 4.55. The zero-order valence-electron chi connectivity index (χ0n) is 12.2. The summed E-state index contributed by atoms with van der Waals surface area (Å²) in [5.41, 5.74) is 2.63. The third-order valence-corrected chi connectivity index (χ3v) is 4.29. The highest BCUT2D eigenvalue weighted by Crippen LogP contribution is 2.38. The number of rotatable bonds is 2. The Hall–Kier alpha value is -0.505. The summed E-state index contributed by atoms with van der Waals surface area (Å²) >= 11 is 5.69. The van der Waals surface area contributed by atoms with Crippen molar-refractivity contribution in [3.63, 3.8) is 0 Å². The van der Waals surface area contributed by atoms with E-state index in [1.165, 1.54) is 11.4 Å². The van der Waals surface area contributed by atoms with Crippen molar-refractivity contribution in [3.05, 3.63) is 16.2 Å². The van der Waals surface area contributed by atoms with Crippen LogP contribution in [0.3, 0.4) is 0 Å². The predicted octanol–water partition coefficient (Wildman–Crippen LogP) is 3.90. The lowest BCUT2D eigenvalue weighted by atomic mass is 9.62. The van der Waals surface area contributed by atoms with Gasteiger partial charge in [-0.15, -0.1) is 0 Å². The van der Waals surface area contributed by atoms with Crippen molar-refractivity contribution in [2.24, 2.45) is 0 Å². The summed E-state index contributed by atoms with van der Waals surface area (Å²) in [6, 6.07) is 0.771. The van der Waals surface area contributed by atoms with Crippen LogP contribution in [0.4, 0.5) is 0 Å². The van der Waals surface area contributed by atoms with Gasteiger partial charge in [0.2, 0.25) is 0 Å². The van der Waals surface area contributed by atoms with E-state index in [2.05, 4.69) is 43.8 Å². The molecule has 1 aliphatic carbocycles. The highest BCUT2D eigenvalue weighted by molar-refractivity contribution is 7.71. The van der Waals surface area contributed by atoms with Gasteiger partial charge in [-0.2, -0.15) is 0 Å². The number of nitrogens with zero attached hydrogens (tertiary/aromatic N) is 2. The molecule has 0 amide bonds. The molecule has 0 spiro atoms. The summed E-state index contributed by atoms with van der Waals surface area (Å²) in [5, 5.41) is -0.244. The fraction of sp³-hybridized carbons (Fsp3) is 0.786. The Balaban J connectivity index is 2.80. The molecule has 2 radical (unpaired) electrons. The molecule has 1 aromatic rings. The Kier molecular flexibility index (Phi) is 3.52. The first-order valence-electron chi connectivity index (χ1n) is 6.92. The molecule has 1 heterocycles. The van der Waals surface area contributed by atoms with Crippen LogP contribution in [0.25, 0.3) is 0 Å². The number of fused-ring (bicyclic) bond motifs is 1. The Morgan fingerprint density at radius 1 is 1.17 bits per heavy atom. The summed E-state index contributed by atoms with van der Waals surface area (Å²) in [4.78, 5) is 0. The molecule has 0 fully saturated rings. The summed E-state index contributed by atoms with van der Waals surface area (Å²) in [6.45, 7) is 10.9. The zero-order chi connectivity index (χ0) is 13.7. The Morgan fingerprint density at radius 3 is 2.22 bits per heavy atom. The zero-order valence-corrected chi connectivity index (χ0v) is 13.0. The molecule has 0 N–H and O–H groups in total. The van der Waals surface area contributed by atoms with Crippen LogP contribution in [0.15, 0.2) is 0 Å². The summed E-state index contributed by atoms with van der Waals surface area (Å²) in [6.07, 6.45) is 3.30. The molecule has 1 aliphatic rings. The Bertz CT molecular complexity index is 509. The van der Waals surface area contributed by atoms with E-state index in [4.69, 9.17) is 20.1 Å². The van der Waals surface area contributed by atoms with Crippen LogP contribution in [0.2, 0.25) is 0 Å². The number of hydrogen-bond acceptors (Lipinski definition) is 1. The highest BCUT2D eigenvalue weighted by atomic mass is 32.1. The van der Waals surface area contributed by atoms with Crippen molar-refractivity contribution in [1.82, 2.24) is 9.13 Å². The fourth-order valence-corrected chi connectivity index (χ4v) is 3.80. The van der Waals surface area contributed by atoms with Crippen molar-refractivity contribution in [3.8, 4) is 0 Å². The van der Waals surface area contributed by atoms with Gasteiger partial charge in [0, 0.05) is 23.5 Å². The van der Waals surface area contributed by atoms with Crippen LogP contribution in [0.1, 0.15) is 70.9 Å². The first-order valence-corrected chi connectivity index (χ1v) is 7.33. The van der Waals surface area contributed by atoms with Crippen LogP contribution in [0.5, 0.6) is 0 Å². The molecule has 1 aromatic heterocycles. The Labute approximate surface area is 117 Å². The van der Waals surface area contributed by atoms with Gasteiger partial charge in [0.15, 0.2) is 4.77 Å². The molecule has 2 nitrogen and oxygen atoms in total. The van der Waals surface area contributed by atoms with Gasteiger partial charge in [0.1, 0.15) is 0 Å². The van der Waals surface area contributed by atoms with E-state index in [9.17, 15) is 0 Å². The average molecular weight is 262 g/mol. The maximum atomic E-state index is 6.53. The number of imidazole rings is 1. The minimum atomic E-state index is -0.244. The lowest BCUT2D eigenvalue weighted by Crippen LogP contribution is -2.31. The van der Waals surface area contributed by atoms with E-state index >= 15 is 0 Å². The lowest BCUT2D eigenvalue weighted by Gasteiger charge is -2.33. The monoisotopic (exact) mass is 262 g/mol. The quantitative estimate of drug-likeness (QED) is 0.580. The minimum Gasteiger partial charge on any atom is -0.318 e. The molecule has 0 aliphatic heterocycles. The van der Waals surface area contributed by atoms with Gasteiger partial charge >= 0.3 is 0 Å². The summed E-state index contributed by atoms with van der Waals surface area (Å²) in [5.74, 6) is 0. The normalized spacial score (nSPS) is 23.7. The SMILES string of the molecule is [B]C1(C)CCCc2c1n(C(C)C)c(=S)n2C(C)C. The van der Waals surface area contributed by atoms with Crippen LogP contribution in [0, 0.1) is 4.77 Å². The predicted molar refractivity (Wildman–Crippen MR) is 80.1 cm³/mol. The summed E-state index contributed by atoms with van der Waals surface area (Å²) in [7, 11) is 6.53. The van der Waals surface area contributed by atoms with Crippen molar-refractivity contribution >= 4 is 20.1 Å². The number of hydrogen-bond donors (Lipinski definition) is 0. The maximum Gasteiger partial charge on any atom is 0.180 e. The average Bonchev–Trinajstić information content (AvgIpc) is 2.51. The molecule has 1 unspecified atom stereocenters. The second-order valence-electron chi connectivity index (χ2n) is 6.28. The molecular formula is C14H23BN2S. The number of aromatic nitrogens is 2. The van der Waals surface area contributed by atoms with Crippen LogP contribution in [-0.2, 0) is 11.7 Å². The van der Waals surface area contributed by atoms with E-state index in [1.54, 1.807) is 0 Å². The van der Waals surface area contributed by atoms with Gasteiger partial charge in [-0.25, -0.2) is 0 Å². The van der Waals surface area contributed by atoms with Crippen molar-refractivity contribution in [2.75, 3.05) is 0 Å². The molecule has 1 atom stereocenters. The van der Waals surface area contributed by atoms with E-state index in [0.29, 0.717) is 12.1 Å². The third-order valence-electron chi connectivity index (χ3n) is 3.90. The van der Waals surface area contributed by atoms with Crippen molar-refractivity contribution < 1.29 is 0 Å². The molecule has 0 bridgehead atoms. The topological polar surface area (TPSA) is 9.86 Å². The molecule has 2 rings (SSSR count). The van der Waals surface area contributed by atoms with Crippen molar-refractivity contribution in [2.45, 2.75) is 71.3 Å². The highest BCUT2D eigenvalue weighted by Gasteiger charge is 2.34. The largest absolute Gasteiger partial charge is 0.318 e. The van der Waals surface area contributed by atoms with Gasteiger partial charge in [-0.1, -0.05) is 13.3 Å². The first-order chi connectivity index (χ1) is 8.27. The van der Waals surface area contributed by atoms with Crippen molar-refractivity contribution in [1.29, 1.82) is 0 Å². The van der Waals surface area contributed by atoms with E-state index in [1.807, 2.05) is 0 Å². The molecule has 98 valence electrons. The van der Waals surface area contributed by atoms with Crippen LogP contribution in [-0.4, -0.2) is 17.0 Å². The van der Waals surface area contributed by atoms with Gasteiger partial charge in [-0.3, -0.25) is 0 Å². The van der Waals surface area contributed by atoms with E-state index in [-0.39, 0.29) is 5.31 Å². The third kappa shape index (κ3) is 1.99. The molecular weight excluding hydrogens is 239 g/mol. The second-order valence-corrected chi connectivity index (χ2v) is 6.64. The standard InChI is InChI=1S/C14H23BN2S/c1-9(2)16-11-7-6-8-14(5,15)12(11)17(10(3)4)13(16)18/h9-10H,6-8H2,1-5H3. The molecule has 18 heavy (non-hydrogen) atoms. The van der Waals surface area contributed by atoms with E-state index < -0.39 is 0 Å². The van der Waals surface area contributed by atoms with E-state index in [0.717, 1.165) is 24.0 Å². The van der Waals surface area contributed by atoms with Gasteiger partial charge in [0.05, 0.1) is 7.85 Å². The smallest absolute Gasteiger partial charge is 0.180 e. The molecule has 0 aromatic carbocycles. The fourth-order valence-electron chi connectivity index (χ4n) is 3.18. The maximum absolute atomic E-state index is 6.53. The lowest BCUT2D eigenvalue weighted by molar-refractivity contribution is 0.460. The van der Waals surface area contributed by atoms with Gasteiger partial charge < -0.3 is 9.13 Å². The Morgan fingerprint density at radius 2 is 1.72 bits per heavy atom. The van der Waals surface area contributed by atoms with Gasteiger partial charge in [0.25, 0.3) is 0 Å². The van der Waals surface area contributed by atoms with Crippen LogP contribution < -0.4 is 0 Å².